The van der Waals surface area contributed by atoms with Crippen LogP contribution in [0, 0.1) is 0 Å². The van der Waals surface area contributed by atoms with Crippen LogP contribution in [-0.2, 0) is 16.1 Å². The summed E-state index contributed by atoms with van der Waals surface area (Å²) in [6, 6.07) is 9.38. The van der Waals surface area contributed by atoms with Crippen molar-refractivity contribution in [2.45, 2.75) is 52.2 Å². The number of ether oxygens (including phenoxy) is 3. The summed E-state index contributed by atoms with van der Waals surface area (Å²) in [6.07, 6.45) is 1.18. The highest BCUT2D eigenvalue weighted by atomic mass is 35.5. The second-order valence-electron chi connectivity index (χ2n) is 7.80. The summed E-state index contributed by atoms with van der Waals surface area (Å²) in [4.78, 5) is 27.9. The third kappa shape index (κ3) is 7.43. The number of methoxy groups -OCH3 is 2. The summed E-state index contributed by atoms with van der Waals surface area (Å²) in [5, 5.41) is 3.80. The quantitative estimate of drug-likeness (QED) is 0.429. The summed E-state index contributed by atoms with van der Waals surface area (Å²) in [5.74, 6) is 0.833. The van der Waals surface area contributed by atoms with Gasteiger partial charge in [-0.05, 0) is 31.9 Å². The van der Waals surface area contributed by atoms with Gasteiger partial charge in [-0.25, -0.2) is 0 Å². The molecule has 2 aromatic carbocycles. The zero-order valence-corrected chi connectivity index (χ0v) is 21.7. The molecule has 2 aromatic rings. The van der Waals surface area contributed by atoms with Crippen LogP contribution in [0.2, 0.25) is 10.0 Å². The number of benzene rings is 2. The van der Waals surface area contributed by atoms with E-state index in [1.54, 1.807) is 36.4 Å². The Morgan fingerprint density at radius 2 is 1.53 bits per heavy atom. The van der Waals surface area contributed by atoms with E-state index in [0.717, 1.165) is 6.42 Å². The van der Waals surface area contributed by atoms with Crippen LogP contribution in [-0.4, -0.2) is 49.6 Å². The van der Waals surface area contributed by atoms with Gasteiger partial charge in [-0.1, -0.05) is 43.1 Å². The van der Waals surface area contributed by atoms with Crippen molar-refractivity contribution in [3.05, 3.63) is 52.0 Å². The minimum absolute atomic E-state index is 0.0251. The molecule has 0 aliphatic heterocycles. The minimum Gasteiger partial charge on any atom is -0.496 e. The van der Waals surface area contributed by atoms with Crippen LogP contribution in [0.15, 0.2) is 36.4 Å². The van der Waals surface area contributed by atoms with Crippen molar-refractivity contribution in [1.82, 2.24) is 10.2 Å². The SMILES string of the molecule is CC[C@H](C)NC(=O)[C@H](CC)N(Cc1c(Cl)cccc1Cl)C(=O)COc1cc(OC)cc(OC)c1. The Morgan fingerprint density at radius 3 is 2.03 bits per heavy atom. The molecular formula is C25H32Cl2N2O5. The lowest BCUT2D eigenvalue weighted by atomic mass is 10.1. The first-order valence-corrected chi connectivity index (χ1v) is 11.9. The maximum absolute atomic E-state index is 13.4. The van der Waals surface area contributed by atoms with Crippen molar-refractivity contribution in [2.24, 2.45) is 0 Å². The number of hydrogen-bond acceptors (Lipinski definition) is 5. The minimum atomic E-state index is -0.725. The monoisotopic (exact) mass is 510 g/mol. The van der Waals surface area contributed by atoms with Crippen molar-refractivity contribution >= 4 is 35.0 Å². The van der Waals surface area contributed by atoms with E-state index in [9.17, 15) is 9.59 Å². The number of carbonyl (C=O) groups is 2. The number of rotatable bonds is 12. The first-order valence-electron chi connectivity index (χ1n) is 11.1. The Balaban J connectivity index is 2.32. The zero-order chi connectivity index (χ0) is 25.3. The summed E-state index contributed by atoms with van der Waals surface area (Å²) in [6.45, 7) is 5.51. The second kappa shape index (κ2) is 13.3. The fourth-order valence-electron chi connectivity index (χ4n) is 3.31. The predicted molar refractivity (Wildman–Crippen MR) is 134 cm³/mol. The van der Waals surface area contributed by atoms with E-state index in [0.29, 0.717) is 39.3 Å². The average molecular weight is 511 g/mol. The first-order chi connectivity index (χ1) is 16.2. The molecule has 0 bridgehead atoms. The molecule has 1 N–H and O–H groups in total. The van der Waals surface area contributed by atoms with Gasteiger partial charge in [0.1, 0.15) is 23.3 Å². The number of carbonyl (C=O) groups excluding carboxylic acids is 2. The number of hydrogen-bond donors (Lipinski definition) is 1. The van der Waals surface area contributed by atoms with E-state index in [2.05, 4.69) is 5.32 Å². The van der Waals surface area contributed by atoms with Gasteiger partial charge >= 0.3 is 0 Å². The fraction of sp³-hybridized carbons (Fsp3) is 0.440. The van der Waals surface area contributed by atoms with Gasteiger partial charge in [0.25, 0.3) is 5.91 Å². The first kappa shape index (κ1) is 27.6. The third-order valence-corrected chi connectivity index (χ3v) is 6.17. The van der Waals surface area contributed by atoms with Gasteiger partial charge in [-0.15, -0.1) is 0 Å². The molecule has 9 heteroatoms. The summed E-state index contributed by atoms with van der Waals surface area (Å²) < 4.78 is 16.3. The topological polar surface area (TPSA) is 77.1 Å². The molecule has 0 fully saturated rings. The largest absolute Gasteiger partial charge is 0.496 e. The molecule has 0 aliphatic rings. The molecule has 2 rings (SSSR count). The van der Waals surface area contributed by atoms with E-state index in [1.165, 1.54) is 19.1 Å². The molecule has 2 amide bonds. The predicted octanol–water partition coefficient (Wildman–Crippen LogP) is 5.11. The molecule has 0 saturated carbocycles. The van der Waals surface area contributed by atoms with Crippen LogP contribution in [0.1, 0.15) is 39.2 Å². The summed E-state index contributed by atoms with van der Waals surface area (Å²) in [5.41, 5.74) is 0.567. The molecule has 0 heterocycles. The van der Waals surface area contributed by atoms with Gasteiger partial charge in [-0.3, -0.25) is 9.59 Å². The smallest absolute Gasteiger partial charge is 0.261 e. The van der Waals surface area contributed by atoms with Gasteiger partial charge < -0.3 is 24.4 Å². The van der Waals surface area contributed by atoms with E-state index in [1.807, 2.05) is 20.8 Å². The van der Waals surface area contributed by atoms with Gasteiger partial charge in [0, 0.05) is 46.4 Å². The van der Waals surface area contributed by atoms with E-state index in [-0.39, 0.29) is 31.0 Å². The molecule has 34 heavy (non-hydrogen) atoms. The normalized spacial score (nSPS) is 12.4. The second-order valence-corrected chi connectivity index (χ2v) is 8.62. The molecule has 0 radical (unpaired) electrons. The lowest BCUT2D eigenvalue weighted by molar-refractivity contribution is -0.143. The zero-order valence-electron chi connectivity index (χ0n) is 20.2. The Kier molecular flexibility index (Phi) is 10.8. The van der Waals surface area contributed by atoms with Crippen LogP contribution in [0.25, 0.3) is 0 Å². The molecule has 0 aromatic heterocycles. The average Bonchev–Trinajstić information content (AvgIpc) is 2.83. The molecule has 0 spiro atoms. The Labute approximate surface area is 211 Å². The van der Waals surface area contributed by atoms with Crippen LogP contribution >= 0.6 is 23.2 Å². The van der Waals surface area contributed by atoms with Gasteiger partial charge in [-0.2, -0.15) is 0 Å². The third-order valence-electron chi connectivity index (χ3n) is 5.46. The van der Waals surface area contributed by atoms with Crippen molar-refractivity contribution < 1.29 is 23.8 Å². The highest BCUT2D eigenvalue weighted by Crippen LogP contribution is 2.29. The molecule has 0 unspecified atom stereocenters. The number of nitrogens with one attached hydrogen (secondary N) is 1. The van der Waals surface area contributed by atoms with Crippen LogP contribution in [0.4, 0.5) is 0 Å². The molecule has 0 saturated heterocycles. The van der Waals surface area contributed by atoms with E-state index < -0.39 is 6.04 Å². The molecular weight excluding hydrogens is 479 g/mol. The highest BCUT2D eigenvalue weighted by Gasteiger charge is 2.30. The lowest BCUT2D eigenvalue weighted by Crippen LogP contribution is -2.51. The van der Waals surface area contributed by atoms with Gasteiger partial charge in [0.2, 0.25) is 5.91 Å². The van der Waals surface area contributed by atoms with Crippen LogP contribution in [0.5, 0.6) is 17.2 Å². The lowest BCUT2D eigenvalue weighted by Gasteiger charge is -2.32. The number of halogens is 2. The van der Waals surface area contributed by atoms with E-state index in [4.69, 9.17) is 37.4 Å². The molecule has 2 atom stereocenters. The number of nitrogens with zero attached hydrogens (tertiary/aromatic N) is 1. The summed E-state index contributed by atoms with van der Waals surface area (Å²) >= 11 is 12.7. The van der Waals surface area contributed by atoms with Crippen molar-refractivity contribution in [2.75, 3.05) is 20.8 Å². The van der Waals surface area contributed by atoms with Crippen molar-refractivity contribution in [3.63, 3.8) is 0 Å². The standard InChI is InChI=1S/C25H32Cl2N2O5/c1-6-16(3)28-25(31)23(7-2)29(14-20-21(26)9-8-10-22(20)27)24(30)15-34-19-12-17(32-4)11-18(13-19)33-5/h8-13,16,23H,6-7,14-15H2,1-5H3,(H,28,31)/t16-,23-/m0/s1. The van der Waals surface area contributed by atoms with Gasteiger partial charge in [0.05, 0.1) is 14.2 Å². The van der Waals surface area contributed by atoms with Gasteiger partial charge in [0.15, 0.2) is 6.61 Å². The van der Waals surface area contributed by atoms with Crippen LogP contribution in [0.3, 0.4) is 0 Å². The molecule has 0 aliphatic carbocycles. The Hall–Kier alpha value is -2.64. The van der Waals surface area contributed by atoms with Crippen molar-refractivity contribution in [1.29, 1.82) is 0 Å². The highest BCUT2D eigenvalue weighted by molar-refractivity contribution is 6.36. The maximum atomic E-state index is 13.4. The maximum Gasteiger partial charge on any atom is 0.261 e. The Bertz CT molecular complexity index is 943. The Morgan fingerprint density at radius 1 is 0.971 bits per heavy atom. The summed E-state index contributed by atoms with van der Waals surface area (Å²) in [7, 11) is 3.06. The van der Waals surface area contributed by atoms with Crippen LogP contribution < -0.4 is 19.5 Å². The van der Waals surface area contributed by atoms with Crippen molar-refractivity contribution in [3.8, 4) is 17.2 Å². The molecule has 7 nitrogen and oxygen atoms in total. The fourth-order valence-corrected chi connectivity index (χ4v) is 3.82. The number of amides is 2. The molecule has 186 valence electrons. The van der Waals surface area contributed by atoms with E-state index >= 15 is 0 Å².